The molecule has 0 aliphatic carbocycles. The van der Waals surface area contributed by atoms with E-state index in [4.69, 9.17) is 10.5 Å². The topological polar surface area (TPSA) is 81.4 Å². The maximum atomic E-state index is 12.7. The summed E-state index contributed by atoms with van der Waals surface area (Å²) in [5.41, 5.74) is 5.50. The van der Waals surface area contributed by atoms with Crippen LogP contribution in [0.3, 0.4) is 0 Å². The first-order chi connectivity index (χ1) is 10.7. The normalized spacial score (nSPS) is 21.5. The van der Waals surface area contributed by atoms with E-state index in [0.717, 1.165) is 0 Å². The van der Waals surface area contributed by atoms with Crippen molar-refractivity contribution in [1.29, 1.82) is 0 Å². The number of allylic oxidation sites excluding steroid dienone is 2. The summed E-state index contributed by atoms with van der Waals surface area (Å²) in [4.78, 5) is 0. The fourth-order valence-electron chi connectivity index (χ4n) is 2.15. The molecule has 0 amide bonds. The first-order valence-electron chi connectivity index (χ1n) is 6.57. The molecule has 0 radical (unpaired) electrons. The molecule has 0 fully saturated rings. The molecule has 1 aliphatic rings. The third kappa shape index (κ3) is 3.67. The third-order valence-electron chi connectivity index (χ3n) is 3.11. The number of halogens is 3. The fraction of sp³-hybridized carbons (Fsp3) is 0.286. The fourth-order valence-corrected chi connectivity index (χ4v) is 3.80. The number of nitrogens with two attached hydrogens (primary N) is 1. The van der Waals surface area contributed by atoms with Gasteiger partial charge in [-0.2, -0.15) is 13.2 Å². The molecule has 0 bridgehead atoms. The lowest BCUT2D eigenvalue weighted by molar-refractivity contribution is -0.107. The lowest BCUT2D eigenvalue weighted by Crippen LogP contribution is -2.60. The average molecular weight is 348 g/mol. The molecule has 1 heterocycles. The predicted molar refractivity (Wildman–Crippen MR) is 79.1 cm³/mol. The Hall–Kier alpha value is -2.00. The number of sulfone groups is 1. The van der Waals surface area contributed by atoms with Crippen molar-refractivity contribution in [3.8, 4) is 5.75 Å². The minimum absolute atomic E-state index is 0.0203. The molecule has 9 heteroatoms. The number of rotatable bonds is 5. The number of benzene rings is 1. The van der Waals surface area contributed by atoms with E-state index in [9.17, 15) is 21.6 Å². The maximum absolute atomic E-state index is 12.7. The SMILES string of the molecule is NCC1=CC=CNC1(Oc1ccccc1)S(=O)(=O)CC(F)(F)F. The van der Waals surface area contributed by atoms with Gasteiger partial charge in [0.25, 0.3) is 0 Å². The highest BCUT2D eigenvalue weighted by atomic mass is 32.2. The zero-order valence-electron chi connectivity index (χ0n) is 11.9. The summed E-state index contributed by atoms with van der Waals surface area (Å²) < 4.78 is 68.5. The van der Waals surface area contributed by atoms with Gasteiger partial charge in [0, 0.05) is 18.3 Å². The summed E-state index contributed by atoms with van der Waals surface area (Å²) in [6, 6.07) is 7.70. The van der Waals surface area contributed by atoms with Crippen molar-refractivity contribution in [2.45, 2.75) is 11.2 Å². The van der Waals surface area contributed by atoms with E-state index >= 15 is 0 Å². The third-order valence-corrected chi connectivity index (χ3v) is 5.15. The van der Waals surface area contributed by atoms with Crippen LogP contribution < -0.4 is 15.8 Å². The van der Waals surface area contributed by atoms with E-state index in [-0.39, 0.29) is 17.9 Å². The van der Waals surface area contributed by atoms with Crippen LogP contribution in [0.5, 0.6) is 5.75 Å². The van der Waals surface area contributed by atoms with Crippen molar-refractivity contribution >= 4 is 9.84 Å². The molecule has 0 aromatic heterocycles. The number of alkyl halides is 3. The largest absolute Gasteiger partial charge is 0.450 e. The molecule has 23 heavy (non-hydrogen) atoms. The molecule has 1 aliphatic heterocycles. The Balaban J connectivity index is 2.52. The van der Waals surface area contributed by atoms with Crippen molar-refractivity contribution in [3.63, 3.8) is 0 Å². The van der Waals surface area contributed by atoms with E-state index < -0.39 is 26.8 Å². The van der Waals surface area contributed by atoms with E-state index in [2.05, 4.69) is 5.32 Å². The molecule has 2 rings (SSSR count). The van der Waals surface area contributed by atoms with Crippen LogP contribution in [-0.2, 0) is 9.84 Å². The van der Waals surface area contributed by atoms with Crippen molar-refractivity contribution in [2.75, 3.05) is 12.3 Å². The zero-order chi connectivity index (χ0) is 17.1. The van der Waals surface area contributed by atoms with E-state index in [0.29, 0.717) is 0 Å². The van der Waals surface area contributed by atoms with Gasteiger partial charge in [0.2, 0.25) is 9.84 Å². The number of hydrogen-bond donors (Lipinski definition) is 2. The monoisotopic (exact) mass is 348 g/mol. The number of nitrogens with one attached hydrogen (secondary N) is 1. The Kier molecular flexibility index (Phi) is 4.71. The highest BCUT2D eigenvalue weighted by Gasteiger charge is 2.54. The molecule has 3 N–H and O–H groups in total. The standard InChI is InChI=1S/C14H15F3N2O3S/c15-13(16,17)10-23(20,21)14(11(9-18)5-4-8-19-14)22-12-6-2-1-3-7-12/h1-8,19H,9-10,18H2. The first-order valence-corrected chi connectivity index (χ1v) is 8.22. The van der Waals surface area contributed by atoms with Gasteiger partial charge in [0.05, 0.1) is 0 Å². The van der Waals surface area contributed by atoms with Crippen molar-refractivity contribution in [2.24, 2.45) is 5.73 Å². The van der Waals surface area contributed by atoms with Gasteiger partial charge in [0.1, 0.15) is 5.75 Å². The van der Waals surface area contributed by atoms with Crippen LogP contribution in [0, 0.1) is 0 Å². The highest BCUT2D eigenvalue weighted by molar-refractivity contribution is 7.92. The van der Waals surface area contributed by atoms with Gasteiger partial charge in [-0.3, -0.25) is 0 Å². The minimum atomic E-state index is -4.91. The number of dihydropyridines is 1. The summed E-state index contributed by atoms with van der Waals surface area (Å²) in [6.07, 6.45) is -0.935. The molecule has 126 valence electrons. The second kappa shape index (κ2) is 6.25. The Morgan fingerprint density at radius 1 is 1.22 bits per heavy atom. The molecular weight excluding hydrogens is 333 g/mol. The van der Waals surface area contributed by atoms with Gasteiger partial charge in [-0.05, 0) is 18.2 Å². The van der Waals surface area contributed by atoms with Crippen LogP contribution in [-0.4, -0.2) is 31.9 Å². The molecular formula is C14H15F3N2O3S. The van der Waals surface area contributed by atoms with Crippen LogP contribution in [0.15, 0.2) is 54.3 Å². The van der Waals surface area contributed by atoms with Gasteiger partial charge < -0.3 is 15.8 Å². The number of para-hydroxylation sites is 1. The molecule has 0 saturated carbocycles. The van der Waals surface area contributed by atoms with Gasteiger partial charge in [-0.25, -0.2) is 8.42 Å². The summed E-state index contributed by atoms with van der Waals surface area (Å²) >= 11 is 0. The number of hydrogen-bond acceptors (Lipinski definition) is 5. The smallest absolute Gasteiger partial charge is 0.403 e. The van der Waals surface area contributed by atoms with Crippen LogP contribution in [0.25, 0.3) is 0 Å². The van der Waals surface area contributed by atoms with Crippen LogP contribution in [0.4, 0.5) is 13.2 Å². The second-order valence-electron chi connectivity index (χ2n) is 4.81. The van der Waals surface area contributed by atoms with Gasteiger partial charge in [0.15, 0.2) is 5.75 Å². The van der Waals surface area contributed by atoms with Gasteiger partial charge in [-0.15, -0.1) is 0 Å². The maximum Gasteiger partial charge on any atom is 0.403 e. The molecule has 1 aromatic carbocycles. The molecule has 1 aromatic rings. The number of ether oxygens (including phenoxy) is 1. The first kappa shape index (κ1) is 17.4. The van der Waals surface area contributed by atoms with Crippen molar-refractivity contribution < 1.29 is 26.3 Å². The Labute approximate surface area is 131 Å². The van der Waals surface area contributed by atoms with Crippen LogP contribution >= 0.6 is 0 Å². The molecule has 5 nitrogen and oxygen atoms in total. The van der Waals surface area contributed by atoms with Gasteiger partial charge in [-0.1, -0.05) is 24.3 Å². The zero-order valence-corrected chi connectivity index (χ0v) is 12.7. The minimum Gasteiger partial charge on any atom is -0.450 e. The lowest BCUT2D eigenvalue weighted by Gasteiger charge is -2.37. The van der Waals surface area contributed by atoms with E-state index in [1.807, 2.05) is 0 Å². The quantitative estimate of drug-likeness (QED) is 0.846. The summed E-state index contributed by atoms with van der Waals surface area (Å²) in [7, 11) is -4.82. The Morgan fingerprint density at radius 3 is 2.43 bits per heavy atom. The molecule has 0 saturated heterocycles. The van der Waals surface area contributed by atoms with Crippen molar-refractivity contribution in [3.05, 3.63) is 54.3 Å². The Morgan fingerprint density at radius 2 is 1.87 bits per heavy atom. The summed E-state index contributed by atoms with van der Waals surface area (Å²) in [5.74, 6) is -1.94. The van der Waals surface area contributed by atoms with E-state index in [1.54, 1.807) is 18.2 Å². The summed E-state index contributed by atoms with van der Waals surface area (Å²) in [6.45, 7) is -0.290. The van der Waals surface area contributed by atoms with E-state index in [1.165, 1.54) is 30.5 Å². The predicted octanol–water partition coefficient (Wildman–Crippen LogP) is 1.70. The van der Waals surface area contributed by atoms with Crippen LogP contribution in [0.2, 0.25) is 0 Å². The molecule has 0 spiro atoms. The molecule has 1 atom stereocenters. The highest BCUT2D eigenvalue weighted by Crippen LogP contribution is 2.33. The average Bonchev–Trinajstić information content (AvgIpc) is 2.46. The Bertz CT molecular complexity index is 715. The molecule has 1 unspecified atom stereocenters. The van der Waals surface area contributed by atoms with Gasteiger partial charge >= 0.3 is 11.2 Å². The van der Waals surface area contributed by atoms with Crippen molar-refractivity contribution in [1.82, 2.24) is 5.32 Å². The second-order valence-corrected chi connectivity index (χ2v) is 6.90. The summed E-state index contributed by atoms with van der Waals surface area (Å²) in [5, 5.41) is 0.0105. The van der Waals surface area contributed by atoms with Crippen LogP contribution in [0.1, 0.15) is 0 Å². The lowest BCUT2D eigenvalue weighted by atomic mass is 10.1.